The average Bonchev–Trinajstić information content (AvgIpc) is 2.64. The lowest BCUT2D eigenvalue weighted by atomic mass is 9.93. The van der Waals surface area contributed by atoms with Crippen LogP contribution in [0.15, 0.2) is 0 Å². The number of hydrogen-bond donors (Lipinski definition) is 1. The normalized spacial score (nSPS) is 40.2. The molecule has 2 saturated carbocycles. The van der Waals surface area contributed by atoms with Crippen molar-refractivity contribution < 1.29 is 0 Å². The summed E-state index contributed by atoms with van der Waals surface area (Å²) in [6.45, 7) is 6.95. The van der Waals surface area contributed by atoms with Gasteiger partial charge in [-0.2, -0.15) is 0 Å². The van der Waals surface area contributed by atoms with Gasteiger partial charge in [0, 0.05) is 12.1 Å². The molecule has 0 aliphatic heterocycles. The minimum absolute atomic E-state index is 0.698. The molecule has 0 saturated heterocycles. The van der Waals surface area contributed by atoms with E-state index in [1.54, 1.807) is 0 Å². The fourth-order valence-electron chi connectivity index (χ4n) is 2.98. The van der Waals surface area contributed by atoms with Gasteiger partial charge in [0.05, 0.1) is 0 Å². The fourth-order valence-corrected chi connectivity index (χ4v) is 2.98. The lowest BCUT2D eigenvalue weighted by Gasteiger charge is -2.28. The summed E-state index contributed by atoms with van der Waals surface area (Å²) in [6, 6.07) is 1.56. The Morgan fingerprint density at radius 3 is 2.31 bits per heavy atom. The highest BCUT2D eigenvalue weighted by Gasteiger charge is 2.39. The first-order valence-electron chi connectivity index (χ1n) is 5.93. The Morgan fingerprint density at radius 1 is 1.08 bits per heavy atom. The van der Waals surface area contributed by atoms with E-state index in [0.717, 1.165) is 23.8 Å². The van der Waals surface area contributed by atoms with Crippen molar-refractivity contribution in [3.63, 3.8) is 0 Å². The number of hydrogen-bond acceptors (Lipinski definition) is 1. The third-order valence-electron chi connectivity index (χ3n) is 4.22. The summed E-state index contributed by atoms with van der Waals surface area (Å²) in [5.41, 5.74) is 0. The minimum Gasteiger partial charge on any atom is -0.311 e. The highest BCUT2D eigenvalue weighted by Crippen LogP contribution is 2.44. The first-order valence-corrected chi connectivity index (χ1v) is 5.93. The highest BCUT2D eigenvalue weighted by atomic mass is 15.0. The van der Waals surface area contributed by atoms with Crippen LogP contribution in [-0.4, -0.2) is 12.1 Å². The van der Waals surface area contributed by atoms with Gasteiger partial charge in [0.1, 0.15) is 0 Å². The zero-order valence-electron chi connectivity index (χ0n) is 9.22. The molecule has 0 aromatic heterocycles. The van der Waals surface area contributed by atoms with Gasteiger partial charge in [-0.3, -0.25) is 0 Å². The molecule has 0 spiro atoms. The molecule has 4 atom stereocenters. The Hall–Kier alpha value is -0.0400. The summed E-state index contributed by atoms with van der Waals surface area (Å²) >= 11 is 0. The first kappa shape index (κ1) is 9.51. The Balaban J connectivity index is 1.83. The molecule has 0 aromatic rings. The van der Waals surface area contributed by atoms with E-state index < -0.39 is 0 Å². The van der Waals surface area contributed by atoms with E-state index in [2.05, 4.69) is 26.1 Å². The molecule has 0 radical (unpaired) electrons. The van der Waals surface area contributed by atoms with E-state index in [1.807, 2.05) is 0 Å². The summed E-state index contributed by atoms with van der Waals surface area (Å²) in [6.07, 6.45) is 5.98. The van der Waals surface area contributed by atoms with Gasteiger partial charge in [0.25, 0.3) is 0 Å². The maximum Gasteiger partial charge on any atom is 0.0101 e. The van der Waals surface area contributed by atoms with Crippen molar-refractivity contribution >= 4 is 0 Å². The van der Waals surface area contributed by atoms with Crippen LogP contribution in [0.1, 0.15) is 46.5 Å². The van der Waals surface area contributed by atoms with E-state index in [9.17, 15) is 0 Å². The Bertz CT molecular complexity index is 176. The van der Waals surface area contributed by atoms with Crippen LogP contribution in [0, 0.1) is 17.8 Å². The van der Waals surface area contributed by atoms with Crippen molar-refractivity contribution in [2.45, 2.75) is 58.5 Å². The molecule has 2 fully saturated rings. The fraction of sp³-hybridized carbons (Fsp3) is 1.00. The van der Waals surface area contributed by atoms with E-state index in [4.69, 9.17) is 0 Å². The molecule has 2 rings (SSSR count). The Morgan fingerprint density at radius 2 is 1.85 bits per heavy atom. The van der Waals surface area contributed by atoms with Crippen molar-refractivity contribution in [2.75, 3.05) is 0 Å². The monoisotopic (exact) mass is 181 g/mol. The summed E-state index contributed by atoms with van der Waals surface area (Å²) in [5, 5.41) is 3.81. The predicted molar refractivity (Wildman–Crippen MR) is 56.7 cm³/mol. The third kappa shape index (κ3) is 1.90. The molecule has 2 bridgehead atoms. The molecule has 76 valence electrons. The largest absolute Gasteiger partial charge is 0.311 e. The number of nitrogens with one attached hydrogen (secondary N) is 1. The van der Waals surface area contributed by atoms with Gasteiger partial charge in [-0.15, -0.1) is 0 Å². The second-order valence-corrected chi connectivity index (χ2v) is 5.48. The lowest BCUT2D eigenvalue weighted by Crippen LogP contribution is -2.42. The maximum absolute atomic E-state index is 3.81. The van der Waals surface area contributed by atoms with E-state index in [1.165, 1.54) is 25.7 Å². The molecule has 1 heteroatoms. The SMILES string of the molecule is CC(C)[C@@H](C)N[C@@H]1C[C@H]2CC[C@H]1C2. The molecule has 13 heavy (non-hydrogen) atoms. The summed E-state index contributed by atoms with van der Waals surface area (Å²) < 4.78 is 0. The quantitative estimate of drug-likeness (QED) is 0.706. The van der Waals surface area contributed by atoms with Gasteiger partial charge in [0.2, 0.25) is 0 Å². The summed E-state index contributed by atoms with van der Waals surface area (Å²) in [5.74, 6) is 2.87. The summed E-state index contributed by atoms with van der Waals surface area (Å²) in [4.78, 5) is 0. The minimum atomic E-state index is 0.698. The number of fused-ring (bicyclic) bond motifs is 2. The standard InChI is InChI=1S/C12H23N/c1-8(2)9(3)13-12-7-10-4-5-11(12)6-10/h8-13H,4-7H2,1-3H3/t9-,10+,11+,12-/m1/s1. The van der Waals surface area contributed by atoms with Crippen LogP contribution in [0.2, 0.25) is 0 Å². The Labute approximate surface area is 82.3 Å². The van der Waals surface area contributed by atoms with Crippen LogP contribution < -0.4 is 5.32 Å². The van der Waals surface area contributed by atoms with Crippen LogP contribution in [0.5, 0.6) is 0 Å². The summed E-state index contributed by atoms with van der Waals surface area (Å²) in [7, 11) is 0. The first-order chi connectivity index (χ1) is 6.16. The lowest BCUT2D eigenvalue weighted by molar-refractivity contribution is 0.294. The predicted octanol–water partition coefficient (Wildman–Crippen LogP) is 2.81. The van der Waals surface area contributed by atoms with Crippen molar-refractivity contribution in [1.29, 1.82) is 0 Å². The molecular formula is C12H23N. The van der Waals surface area contributed by atoms with E-state index >= 15 is 0 Å². The molecular weight excluding hydrogens is 158 g/mol. The zero-order valence-corrected chi connectivity index (χ0v) is 9.22. The van der Waals surface area contributed by atoms with Gasteiger partial charge >= 0.3 is 0 Å². The molecule has 2 aliphatic rings. The van der Waals surface area contributed by atoms with Gasteiger partial charge in [-0.05, 0) is 43.9 Å². The molecule has 0 unspecified atom stereocenters. The highest BCUT2D eigenvalue weighted by molar-refractivity contribution is 4.95. The number of rotatable bonds is 3. The molecule has 0 aromatic carbocycles. The second kappa shape index (κ2) is 3.61. The van der Waals surface area contributed by atoms with Crippen LogP contribution in [0.25, 0.3) is 0 Å². The molecule has 0 heterocycles. The molecule has 1 N–H and O–H groups in total. The van der Waals surface area contributed by atoms with Crippen LogP contribution in [0.3, 0.4) is 0 Å². The van der Waals surface area contributed by atoms with E-state index in [0.29, 0.717) is 6.04 Å². The van der Waals surface area contributed by atoms with Crippen molar-refractivity contribution in [3.8, 4) is 0 Å². The van der Waals surface area contributed by atoms with Crippen LogP contribution in [0.4, 0.5) is 0 Å². The van der Waals surface area contributed by atoms with Gasteiger partial charge < -0.3 is 5.32 Å². The zero-order chi connectivity index (χ0) is 9.42. The van der Waals surface area contributed by atoms with Crippen LogP contribution >= 0.6 is 0 Å². The maximum atomic E-state index is 3.81. The smallest absolute Gasteiger partial charge is 0.0101 e. The van der Waals surface area contributed by atoms with Crippen molar-refractivity contribution in [3.05, 3.63) is 0 Å². The second-order valence-electron chi connectivity index (χ2n) is 5.48. The van der Waals surface area contributed by atoms with Crippen LogP contribution in [-0.2, 0) is 0 Å². The molecule has 1 nitrogen and oxygen atoms in total. The average molecular weight is 181 g/mol. The van der Waals surface area contributed by atoms with Gasteiger partial charge in [-0.1, -0.05) is 20.3 Å². The molecule has 2 aliphatic carbocycles. The topological polar surface area (TPSA) is 12.0 Å². The van der Waals surface area contributed by atoms with Crippen molar-refractivity contribution in [1.82, 2.24) is 5.32 Å². The Kier molecular flexibility index (Phi) is 2.64. The molecule has 0 amide bonds. The van der Waals surface area contributed by atoms with Crippen molar-refractivity contribution in [2.24, 2.45) is 17.8 Å². The van der Waals surface area contributed by atoms with Gasteiger partial charge in [0.15, 0.2) is 0 Å². The third-order valence-corrected chi connectivity index (χ3v) is 4.22. The van der Waals surface area contributed by atoms with E-state index in [-0.39, 0.29) is 0 Å². The van der Waals surface area contributed by atoms with Gasteiger partial charge in [-0.25, -0.2) is 0 Å².